The number of amides is 2. The van der Waals surface area contributed by atoms with Gasteiger partial charge in [0.05, 0.1) is 45.9 Å². The van der Waals surface area contributed by atoms with Crippen molar-refractivity contribution in [3.05, 3.63) is 87.7 Å². The van der Waals surface area contributed by atoms with E-state index in [1.165, 1.54) is 16.2 Å². The molecule has 156 valence electrons. The van der Waals surface area contributed by atoms with Gasteiger partial charge >= 0.3 is 0 Å². The molecule has 8 heteroatoms. The van der Waals surface area contributed by atoms with E-state index in [0.717, 1.165) is 10.2 Å². The molecule has 0 saturated heterocycles. The molecule has 0 unspecified atom stereocenters. The van der Waals surface area contributed by atoms with Crippen LogP contribution >= 0.6 is 11.3 Å². The van der Waals surface area contributed by atoms with Crippen LogP contribution in [0, 0.1) is 0 Å². The van der Waals surface area contributed by atoms with Crippen LogP contribution in [0.2, 0.25) is 0 Å². The molecule has 32 heavy (non-hydrogen) atoms. The van der Waals surface area contributed by atoms with Crippen molar-refractivity contribution in [1.82, 2.24) is 14.3 Å². The molecule has 0 bridgehead atoms. The average Bonchev–Trinajstić information content (AvgIpc) is 3.30. The Morgan fingerprint density at radius 1 is 0.938 bits per heavy atom. The van der Waals surface area contributed by atoms with E-state index < -0.39 is 0 Å². The van der Waals surface area contributed by atoms with Crippen LogP contribution in [0.4, 0.5) is 0 Å². The first-order chi connectivity index (χ1) is 15.5. The fraction of sp³-hybridized carbons (Fsp3) is 0.0833. The lowest BCUT2D eigenvalue weighted by Gasteiger charge is -2.14. The first-order valence-electron chi connectivity index (χ1n) is 9.92. The zero-order valence-corrected chi connectivity index (χ0v) is 17.7. The van der Waals surface area contributed by atoms with E-state index >= 15 is 0 Å². The van der Waals surface area contributed by atoms with Crippen molar-refractivity contribution >= 4 is 49.2 Å². The molecule has 0 fully saturated rings. The largest absolute Gasteiger partial charge is 0.497 e. The van der Waals surface area contributed by atoms with Crippen LogP contribution in [-0.2, 0) is 6.54 Å². The standard InChI is InChI=1S/C24H15N3O4S/c1-31-14-7-9-19-20(11-14)32-24-25-18-8-6-13(10-17(18)23(30)27(19)24)12-26-21(28)15-4-2-3-5-16(15)22(26)29/h2-11H,12H2,1H3. The molecule has 7 nitrogen and oxygen atoms in total. The third-order valence-corrected chi connectivity index (χ3v) is 6.73. The Bertz CT molecular complexity index is 1630. The Balaban J connectivity index is 1.46. The zero-order chi connectivity index (χ0) is 22.0. The lowest BCUT2D eigenvalue weighted by molar-refractivity contribution is 0.0642. The summed E-state index contributed by atoms with van der Waals surface area (Å²) < 4.78 is 7.77. The van der Waals surface area contributed by atoms with Gasteiger partial charge in [-0.2, -0.15) is 0 Å². The lowest BCUT2D eigenvalue weighted by Crippen LogP contribution is -2.29. The van der Waals surface area contributed by atoms with Crippen molar-refractivity contribution in [2.45, 2.75) is 6.54 Å². The van der Waals surface area contributed by atoms with E-state index in [1.54, 1.807) is 54.0 Å². The number of carbonyl (C=O) groups excluding carboxylic acids is 2. The topological polar surface area (TPSA) is 81.0 Å². The number of rotatable bonds is 3. The molecule has 5 aromatic rings. The second-order valence-corrected chi connectivity index (χ2v) is 8.57. The Morgan fingerprint density at radius 3 is 2.41 bits per heavy atom. The minimum absolute atomic E-state index is 0.0893. The summed E-state index contributed by atoms with van der Waals surface area (Å²) in [5, 5.41) is 0.437. The van der Waals surface area contributed by atoms with Crippen molar-refractivity contribution in [2.75, 3.05) is 7.11 Å². The van der Waals surface area contributed by atoms with E-state index in [0.29, 0.717) is 38.3 Å². The van der Waals surface area contributed by atoms with Crippen molar-refractivity contribution in [2.24, 2.45) is 0 Å². The van der Waals surface area contributed by atoms with Crippen LogP contribution in [0.5, 0.6) is 5.75 Å². The molecule has 0 spiro atoms. The third-order valence-electron chi connectivity index (χ3n) is 5.73. The summed E-state index contributed by atoms with van der Waals surface area (Å²) in [5.74, 6) is 0.0624. The smallest absolute Gasteiger partial charge is 0.266 e. The van der Waals surface area contributed by atoms with Gasteiger partial charge in [-0.15, -0.1) is 0 Å². The molecule has 3 heterocycles. The van der Waals surface area contributed by atoms with Gasteiger partial charge in [-0.25, -0.2) is 4.98 Å². The number of ether oxygens (including phenoxy) is 1. The van der Waals surface area contributed by atoms with Crippen LogP contribution in [0.1, 0.15) is 26.3 Å². The van der Waals surface area contributed by atoms with Crippen molar-refractivity contribution in [1.29, 1.82) is 0 Å². The molecule has 3 aromatic carbocycles. The average molecular weight is 441 g/mol. The Hall–Kier alpha value is -4.04. The maximum atomic E-state index is 13.4. The quantitative estimate of drug-likeness (QED) is 0.397. The van der Waals surface area contributed by atoms with Gasteiger partial charge in [0.25, 0.3) is 17.4 Å². The summed E-state index contributed by atoms with van der Waals surface area (Å²) in [5.41, 5.74) is 2.64. The van der Waals surface area contributed by atoms with Crippen molar-refractivity contribution < 1.29 is 14.3 Å². The molecule has 1 aliphatic rings. The number of carbonyl (C=O) groups is 2. The number of hydrogen-bond donors (Lipinski definition) is 0. The van der Waals surface area contributed by atoms with Crippen LogP contribution in [0.15, 0.2) is 65.5 Å². The SMILES string of the molecule is COc1ccc2c(c1)sc1nc3ccc(CN4C(=O)c5ccccc5C4=O)cc3c(=O)n12. The van der Waals surface area contributed by atoms with Gasteiger partial charge < -0.3 is 4.74 Å². The Labute approximate surface area is 185 Å². The number of imide groups is 1. The molecule has 0 aliphatic carbocycles. The van der Waals surface area contributed by atoms with Crippen LogP contribution in [-0.4, -0.2) is 33.2 Å². The van der Waals surface area contributed by atoms with Gasteiger partial charge in [0, 0.05) is 0 Å². The van der Waals surface area contributed by atoms with Gasteiger partial charge in [0.1, 0.15) is 5.75 Å². The maximum Gasteiger partial charge on any atom is 0.266 e. The molecule has 1 aliphatic heterocycles. The highest BCUT2D eigenvalue weighted by molar-refractivity contribution is 7.23. The van der Waals surface area contributed by atoms with Gasteiger partial charge in [0.15, 0.2) is 4.96 Å². The van der Waals surface area contributed by atoms with Crippen LogP contribution < -0.4 is 10.3 Å². The van der Waals surface area contributed by atoms with E-state index in [-0.39, 0.29) is 23.9 Å². The molecule has 0 saturated carbocycles. The number of benzene rings is 3. The van der Waals surface area contributed by atoms with Gasteiger partial charge in [0.2, 0.25) is 0 Å². The molecule has 0 radical (unpaired) electrons. The lowest BCUT2D eigenvalue weighted by atomic mass is 10.1. The molecule has 0 N–H and O–H groups in total. The van der Waals surface area contributed by atoms with E-state index in [1.807, 2.05) is 18.2 Å². The van der Waals surface area contributed by atoms with Gasteiger partial charge in [-0.05, 0) is 48.0 Å². The van der Waals surface area contributed by atoms with E-state index in [2.05, 4.69) is 4.98 Å². The fourth-order valence-electron chi connectivity index (χ4n) is 4.14. The number of hydrogen-bond acceptors (Lipinski definition) is 6. The minimum atomic E-state index is -0.325. The highest BCUT2D eigenvalue weighted by atomic mass is 32.1. The highest BCUT2D eigenvalue weighted by Gasteiger charge is 2.35. The predicted molar refractivity (Wildman–Crippen MR) is 122 cm³/mol. The first-order valence-corrected chi connectivity index (χ1v) is 10.7. The second kappa shape index (κ2) is 6.73. The van der Waals surface area contributed by atoms with Crippen LogP contribution in [0.25, 0.3) is 26.1 Å². The summed E-state index contributed by atoms with van der Waals surface area (Å²) in [4.78, 5) is 45.2. The number of aromatic nitrogens is 2. The molecule has 2 aromatic heterocycles. The molecular weight excluding hydrogens is 426 g/mol. The molecule has 6 rings (SSSR count). The highest BCUT2D eigenvalue weighted by Crippen LogP contribution is 2.29. The summed E-state index contributed by atoms with van der Waals surface area (Å²) in [6.07, 6.45) is 0. The van der Waals surface area contributed by atoms with Crippen molar-refractivity contribution in [3.8, 4) is 5.75 Å². The predicted octanol–water partition coefficient (Wildman–Crippen LogP) is 3.87. The number of fused-ring (bicyclic) bond motifs is 5. The summed E-state index contributed by atoms with van der Waals surface area (Å²) in [6, 6.07) is 17.6. The molecular formula is C24H15N3O4S. The first kappa shape index (κ1) is 18.7. The fourth-order valence-corrected chi connectivity index (χ4v) is 5.20. The van der Waals surface area contributed by atoms with Crippen LogP contribution in [0.3, 0.4) is 0 Å². The Morgan fingerprint density at radius 2 is 1.69 bits per heavy atom. The Kier molecular flexibility index (Phi) is 3.93. The maximum absolute atomic E-state index is 13.4. The summed E-state index contributed by atoms with van der Waals surface area (Å²) in [7, 11) is 1.60. The third kappa shape index (κ3) is 2.59. The van der Waals surface area contributed by atoms with E-state index in [9.17, 15) is 14.4 Å². The van der Waals surface area contributed by atoms with Gasteiger partial charge in [-0.3, -0.25) is 23.7 Å². The monoisotopic (exact) mass is 441 g/mol. The summed E-state index contributed by atoms with van der Waals surface area (Å²) in [6.45, 7) is 0.0893. The van der Waals surface area contributed by atoms with E-state index in [4.69, 9.17) is 4.74 Å². The molecule has 2 amide bonds. The van der Waals surface area contributed by atoms with Crippen molar-refractivity contribution in [3.63, 3.8) is 0 Å². The minimum Gasteiger partial charge on any atom is -0.497 e. The number of methoxy groups -OCH3 is 1. The van der Waals surface area contributed by atoms with Gasteiger partial charge in [-0.1, -0.05) is 29.5 Å². The summed E-state index contributed by atoms with van der Waals surface area (Å²) >= 11 is 1.42. The number of thiazole rings is 1. The number of nitrogens with zero attached hydrogens (tertiary/aromatic N) is 3. The second-order valence-electron chi connectivity index (χ2n) is 7.56. The normalized spacial score (nSPS) is 13.5. The molecule has 0 atom stereocenters. The zero-order valence-electron chi connectivity index (χ0n) is 16.9.